The first kappa shape index (κ1) is 16.5. The fraction of sp³-hybridized carbons (Fsp3) is 0.375. The summed E-state index contributed by atoms with van der Waals surface area (Å²) < 4.78 is 6.98. The second kappa shape index (κ2) is 6.50. The average Bonchev–Trinajstić information content (AvgIpc) is 2.48. The summed E-state index contributed by atoms with van der Waals surface area (Å²) in [5.74, 6) is 0.162. The number of nitrogens with zero attached hydrogens (tertiary/aromatic N) is 2. The number of halogens is 1. The molecule has 1 atom stereocenters. The predicted molar refractivity (Wildman–Crippen MR) is 85.4 cm³/mol. The van der Waals surface area contributed by atoms with E-state index in [0.717, 1.165) is 5.56 Å². The summed E-state index contributed by atoms with van der Waals surface area (Å²) in [4.78, 5) is 12.3. The van der Waals surface area contributed by atoms with Gasteiger partial charge in [-0.3, -0.25) is 4.79 Å². The van der Waals surface area contributed by atoms with Crippen molar-refractivity contribution in [3.05, 3.63) is 57.5 Å². The van der Waals surface area contributed by atoms with Crippen LogP contribution in [0.1, 0.15) is 32.4 Å². The quantitative estimate of drug-likeness (QED) is 0.940. The van der Waals surface area contributed by atoms with Gasteiger partial charge in [-0.25, -0.2) is 4.68 Å². The minimum atomic E-state index is -0.606. The average molecular weight is 323 g/mol. The van der Waals surface area contributed by atoms with Gasteiger partial charge in [0.1, 0.15) is 6.10 Å². The van der Waals surface area contributed by atoms with E-state index in [0.29, 0.717) is 0 Å². The minimum Gasteiger partial charge on any atom is -0.480 e. The lowest BCUT2D eigenvalue weighted by molar-refractivity contribution is 0.115. The SMILES string of the molecule is CC(C)(C)n1ncc(OC(CO)c2ccccc2)c(Cl)c1=O. The van der Waals surface area contributed by atoms with Crippen molar-refractivity contribution in [3.8, 4) is 5.75 Å². The summed E-state index contributed by atoms with van der Waals surface area (Å²) in [5.41, 5.74) is -0.104. The first-order valence-electron chi connectivity index (χ1n) is 6.95. The molecule has 22 heavy (non-hydrogen) atoms. The van der Waals surface area contributed by atoms with Gasteiger partial charge in [-0.1, -0.05) is 41.9 Å². The van der Waals surface area contributed by atoms with Crippen LogP contribution in [-0.4, -0.2) is 21.5 Å². The molecule has 6 heteroatoms. The second-order valence-corrected chi connectivity index (χ2v) is 6.29. The lowest BCUT2D eigenvalue weighted by Crippen LogP contribution is -2.36. The van der Waals surface area contributed by atoms with Crippen LogP contribution in [0, 0.1) is 0 Å². The Morgan fingerprint density at radius 2 is 1.95 bits per heavy atom. The van der Waals surface area contributed by atoms with Gasteiger partial charge in [-0.15, -0.1) is 0 Å². The molecule has 1 heterocycles. The van der Waals surface area contributed by atoms with Gasteiger partial charge in [0.15, 0.2) is 10.8 Å². The van der Waals surface area contributed by atoms with Gasteiger partial charge in [-0.05, 0) is 26.3 Å². The summed E-state index contributed by atoms with van der Waals surface area (Å²) in [6.45, 7) is 5.35. The molecule has 2 rings (SSSR count). The Labute approximate surface area is 134 Å². The number of aromatic nitrogens is 2. The van der Waals surface area contributed by atoms with Crippen molar-refractivity contribution < 1.29 is 9.84 Å². The van der Waals surface area contributed by atoms with Crippen LogP contribution in [0.4, 0.5) is 0 Å². The van der Waals surface area contributed by atoms with E-state index in [-0.39, 0.29) is 17.4 Å². The Morgan fingerprint density at radius 1 is 1.32 bits per heavy atom. The molecule has 0 radical (unpaired) electrons. The highest BCUT2D eigenvalue weighted by Gasteiger charge is 2.21. The number of rotatable bonds is 4. The molecule has 2 aromatic rings. The molecular formula is C16H19ClN2O3. The summed E-state index contributed by atoms with van der Waals surface area (Å²) in [6, 6.07) is 9.23. The van der Waals surface area contributed by atoms with E-state index in [1.807, 2.05) is 51.1 Å². The summed E-state index contributed by atoms with van der Waals surface area (Å²) in [6.07, 6.45) is 0.797. The van der Waals surface area contributed by atoms with Gasteiger partial charge in [0.05, 0.1) is 18.3 Å². The first-order chi connectivity index (χ1) is 10.3. The van der Waals surface area contributed by atoms with Gasteiger partial charge in [0.2, 0.25) is 0 Å². The Kier molecular flexibility index (Phi) is 4.88. The second-order valence-electron chi connectivity index (χ2n) is 5.91. The van der Waals surface area contributed by atoms with Gasteiger partial charge in [-0.2, -0.15) is 5.10 Å². The van der Waals surface area contributed by atoms with Crippen LogP contribution < -0.4 is 10.3 Å². The third-order valence-corrected chi connectivity index (χ3v) is 3.48. The van der Waals surface area contributed by atoms with E-state index < -0.39 is 17.2 Å². The molecule has 1 aromatic heterocycles. The molecule has 1 aromatic carbocycles. The fourth-order valence-corrected chi connectivity index (χ4v) is 2.18. The molecule has 0 aliphatic carbocycles. The van der Waals surface area contributed by atoms with Crippen LogP contribution in [0.25, 0.3) is 0 Å². The normalized spacial score (nSPS) is 13.0. The minimum absolute atomic E-state index is 0.0423. The number of ether oxygens (including phenoxy) is 1. The third kappa shape index (κ3) is 3.48. The van der Waals surface area contributed by atoms with Crippen LogP contribution in [0.2, 0.25) is 5.02 Å². The summed E-state index contributed by atoms with van der Waals surface area (Å²) >= 11 is 6.11. The maximum Gasteiger partial charge on any atom is 0.289 e. The Hall–Kier alpha value is -1.85. The van der Waals surface area contributed by atoms with E-state index >= 15 is 0 Å². The van der Waals surface area contributed by atoms with Gasteiger partial charge < -0.3 is 9.84 Å². The number of benzene rings is 1. The maximum absolute atomic E-state index is 12.3. The van der Waals surface area contributed by atoms with Crippen LogP contribution in [0.3, 0.4) is 0 Å². The highest BCUT2D eigenvalue weighted by Crippen LogP contribution is 2.26. The van der Waals surface area contributed by atoms with Crippen molar-refractivity contribution >= 4 is 11.6 Å². The van der Waals surface area contributed by atoms with Crippen molar-refractivity contribution in [2.45, 2.75) is 32.4 Å². The zero-order valence-electron chi connectivity index (χ0n) is 12.8. The third-order valence-electron chi connectivity index (χ3n) is 3.13. The largest absolute Gasteiger partial charge is 0.480 e. The standard InChI is InChI=1S/C16H19ClN2O3/c1-16(2,3)19-15(21)14(17)12(9-18-19)22-13(10-20)11-7-5-4-6-8-11/h4-9,13,20H,10H2,1-3H3. The first-order valence-corrected chi connectivity index (χ1v) is 7.33. The molecule has 0 spiro atoms. The highest BCUT2D eigenvalue weighted by atomic mass is 35.5. The Bertz CT molecular complexity index is 693. The van der Waals surface area contributed by atoms with Crippen molar-refractivity contribution in [1.82, 2.24) is 9.78 Å². The molecule has 0 amide bonds. The van der Waals surface area contributed by atoms with Gasteiger partial charge in [0.25, 0.3) is 5.56 Å². The lowest BCUT2D eigenvalue weighted by atomic mass is 10.1. The fourth-order valence-electron chi connectivity index (χ4n) is 2.01. The van der Waals surface area contributed by atoms with Crippen LogP contribution in [0.5, 0.6) is 5.75 Å². The topological polar surface area (TPSA) is 64.3 Å². The molecule has 0 bridgehead atoms. The van der Waals surface area contributed by atoms with Crippen molar-refractivity contribution in [2.24, 2.45) is 0 Å². The molecule has 0 fully saturated rings. The number of aliphatic hydroxyl groups is 1. The lowest BCUT2D eigenvalue weighted by Gasteiger charge is -2.22. The van der Waals surface area contributed by atoms with Gasteiger partial charge in [0, 0.05) is 0 Å². The smallest absolute Gasteiger partial charge is 0.289 e. The monoisotopic (exact) mass is 322 g/mol. The zero-order valence-corrected chi connectivity index (χ0v) is 13.5. The van der Waals surface area contributed by atoms with E-state index in [1.165, 1.54) is 10.9 Å². The maximum atomic E-state index is 12.3. The highest BCUT2D eigenvalue weighted by molar-refractivity contribution is 6.31. The summed E-state index contributed by atoms with van der Waals surface area (Å²) in [5, 5.41) is 13.6. The molecule has 1 N–H and O–H groups in total. The van der Waals surface area contributed by atoms with Gasteiger partial charge >= 0.3 is 0 Å². The summed E-state index contributed by atoms with van der Waals surface area (Å²) in [7, 11) is 0. The molecule has 5 nitrogen and oxygen atoms in total. The molecule has 0 aliphatic heterocycles. The molecule has 0 aliphatic rings. The zero-order chi connectivity index (χ0) is 16.3. The van der Waals surface area contributed by atoms with Crippen LogP contribution in [0.15, 0.2) is 41.3 Å². The molecule has 118 valence electrons. The number of hydrogen-bond donors (Lipinski definition) is 1. The van der Waals surface area contributed by atoms with Crippen molar-refractivity contribution in [3.63, 3.8) is 0 Å². The Balaban J connectivity index is 2.34. The van der Waals surface area contributed by atoms with E-state index in [9.17, 15) is 9.90 Å². The molecule has 1 unspecified atom stereocenters. The van der Waals surface area contributed by atoms with Crippen LogP contribution >= 0.6 is 11.6 Å². The van der Waals surface area contributed by atoms with Crippen LogP contribution in [-0.2, 0) is 5.54 Å². The van der Waals surface area contributed by atoms with E-state index in [2.05, 4.69) is 5.10 Å². The predicted octanol–water partition coefficient (Wildman–Crippen LogP) is 2.76. The molecule has 0 saturated carbocycles. The van der Waals surface area contributed by atoms with Crippen molar-refractivity contribution in [1.29, 1.82) is 0 Å². The van der Waals surface area contributed by atoms with E-state index in [1.54, 1.807) is 0 Å². The van der Waals surface area contributed by atoms with E-state index in [4.69, 9.17) is 16.3 Å². The Morgan fingerprint density at radius 3 is 2.50 bits per heavy atom. The molecule has 0 saturated heterocycles. The molecular weight excluding hydrogens is 304 g/mol. The number of aliphatic hydroxyl groups excluding tert-OH is 1. The van der Waals surface area contributed by atoms with Crippen molar-refractivity contribution in [2.75, 3.05) is 6.61 Å². The number of hydrogen-bond acceptors (Lipinski definition) is 4.